The zero-order valence-electron chi connectivity index (χ0n) is 17.6. The molecule has 2 aromatic rings. The Morgan fingerprint density at radius 3 is 1.97 bits per heavy atom. The van der Waals surface area contributed by atoms with E-state index in [-0.39, 0.29) is 12.1 Å². The van der Waals surface area contributed by atoms with Crippen molar-refractivity contribution in [3.63, 3.8) is 0 Å². The Morgan fingerprint density at radius 2 is 1.47 bits per heavy atom. The summed E-state index contributed by atoms with van der Waals surface area (Å²) in [5.41, 5.74) is 4.12. The average Bonchev–Trinajstić information content (AvgIpc) is 2.79. The lowest BCUT2D eigenvalue weighted by atomic mass is 10.1. The number of hydrogen-bond acceptors (Lipinski definition) is 7. The number of benzene rings is 2. The SMILES string of the molecule is COc1ccc(/C(C)=N/NC(=O)CNC(=O)c2cc(OC)c(OC)c(OC)c2)cc1. The third kappa shape index (κ3) is 5.63. The fraction of sp³-hybridized carbons (Fsp3) is 0.286. The van der Waals surface area contributed by atoms with E-state index in [1.165, 1.54) is 33.5 Å². The second kappa shape index (κ2) is 10.7. The van der Waals surface area contributed by atoms with Gasteiger partial charge in [-0.25, -0.2) is 5.43 Å². The highest BCUT2D eigenvalue weighted by Gasteiger charge is 2.17. The lowest BCUT2D eigenvalue weighted by molar-refractivity contribution is -0.120. The first-order chi connectivity index (χ1) is 14.4. The standard InChI is InChI=1S/C21H25N3O6/c1-13(14-6-8-16(27-2)9-7-14)23-24-19(25)12-22-21(26)15-10-17(28-3)20(30-5)18(11-15)29-4/h6-11H,12H2,1-5H3,(H,22,26)(H,24,25)/b23-13+. The molecule has 0 spiro atoms. The van der Waals surface area contributed by atoms with Crippen LogP contribution < -0.4 is 29.7 Å². The third-order valence-electron chi connectivity index (χ3n) is 4.19. The average molecular weight is 415 g/mol. The van der Waals surface area contributed by atoms with Crippen molar-refractivity contribution in [2.24, 2.45) is 5.10 Å². The Hall–Kier alpha value is -3.75. The van der Waals surface area contributed by atoms with Gasteiger partial charge in [-0.2, -0.15) is 5.10 Å². The maximum Gasteiger partial charge on any atom is 0.259 e. The third-order valence-corrected chi connectivity index (χ3v) is 4.19. The summed E-state index contributed by atoms with van der Waals surface area (Å²) in [6.45, 7) is 1.51. The number of amides is 2. The molecule has 9 heteroatoms. The molecule has 0 saturated heterocycles. The van der Waals surface area contributed by atoms with Gasteiger partial charge in [-0.15, -0.1) is 0 Å². The van der Waals surface area contributed by atoms with Crippen molar-refractivity contribution in [2.45, 2.75) is 6.92 Å². The zero-order chi connectivity index (χ0) is 22.1. The fourth-order valence-electron chi connectivity index (χ4n) is 2.56. The largest absolute Gasteiger partial charge is 0.497 e. The first-order valence-electron chi connectivity index (χ1n) is 8.99. The van der Waals surface area contributed by atoms with Crippen LogP contribution in [0.5, 0.6) is 23.0 Å². The van der Waals surface area contributed by atoms with E-state index < -0.39 is 11.8 Å². The Balaban J connectivity index is 1.97. The van der Waals surface area contributed by atoms with Gasteiger partial charge in [0.05, 0.1) is 40.7 Å². The second-order valence-electron chi connectivity index (χ2n) is 6.06. The van der Waals surface area contributed by atoms with Gasteiger partial charge >= 0.3 is 0 Å². The summed E-state index contributed by atoms with van der Waals surface area (Å²) in [4.78, 5) is 24.5. The van der Waals surface area contributed by atoms with E-state index in [9.17, 15) is 9.59 Å². The number of carbonyl (C=O) groups excluding carboxylic acids is 2. The number of ether oxygens (including phenoxy) is 4. The number of nitrogens with one attached hydrogen (secondary N) is 2. The van der Waals surface area contributed by atoms with Crippen molar-refractivity contribution in [3.05, 3.63) is 47.5 Å². The predicted octanol–water partition coefficient (Wildman–Crippen LogP) is 1.99. The Kier molecular flexibility index (Phi) is 8.04. The molecule has 0 bridgehead atoms. The summed E-state index contributed by atoms with van der Waals surface area (Å²) < 4.78 is 20.8. The summed E-state index contributed by atoms with van der Waals surface area (Å²) in [5.74, 6) is 0.837. The fourth-order valence-corrected chi connectivity index (χ4v) is 2.56. The summed E-state index contributed by atoms with van der Waals surface area (Å²) in [7, 11) is 5.96. The van der Waals surface area contributed by atoms with Crippen molar-refractivity contribution in [2.75, 3.05) is 35.0 Å². The van der Waals surface area contributed by atoms with Crippen molar-refractivity contribution in [1.29, 1.82) is 0 Å². The van der Waals surface area contributed by atoms with E-state index in [0.29, 0.717) is 23.0 Å². The van der Waals surface area contributed by atoms with Crippen molar-refractivity contribution < 1.29 is 28.5 Å². The molecule has 30 heavy (non-hydrogen) atoms. The molecule has 0 unspecified atom stereocenters. The molecule has 2 N–H and O–H groups in total. The van der Waals surface area contributed by atoms with Crippen LogP contribution in [0, 0.1) is 0 Å². The number of hydrogen-bond donors (Lipinski definition) is 2. The quantitative estimate of drug-likeness (QED) is 0.479. The first-order valence-corrected chi connectivity index (χ1v) is 8.99. The number of nitrogens with zero attached hydrogens (tertiary/aromatic N) is 1. The van der Waals surface area contributed by atoms with E-state index in [4.69, 9.17) is 18.9 Å². The topological polar surface area (TPSA) is 107 Å². The van der Waals surface area contributed by atoms with E-state index in [2.05, 4.69) is 15.8 Å². The summed E-state index contributed by atoms with van der Waals surface area (Å²) in [6.07, 6.45) is 0. The molecule has 2 aromatic carbocycles. The number of rotatable bonds is 9. The van der Waals surface area contributed by atoms with Gasteiger partial charge in [-0.1, -0.05) is 0 Å². The highest BCUT2D eigenvalue weighted by molar-refractivity contribution is 6.00. The predicted molar refractivity (Wildman–Crippen MR) is 112 cm³/mol. The van der Waals surface area contributed by atoms with Crippen LogP contribution in [0.2, 0.25) is 0 Å². The van der Waals surface area contributed by atoms with E-state index in [0.717, 1.165) is 11.3 Å². The molecule has 0 saturated carbocycles. The summed E-state index contributed by atoms with van der Waals surface area (Å²) in [6, 6.07) is 10.3. The normalized spacial score (nSPS) is 10.8. The molecule has 0 heterocycles. The van der Waals surface area contributed by atoms with Crippen LogP contribution in [-0.4, -0.2) is 52.5 Å². The lowest BCUT2D eigenvalue weighted by Gasteiger charge is -2.14. The van der Waals surface area contributed by atoms with E-state index >= 15 is 0 Å². The molecule has 0 aliphatic heterocycles. The minimum Gasteiger partial charge on any atom is -0.497 e. The second-order valence-corrected chi connectivity index (χ2v) is 6.06. The first kappa shape index (κ1) is 22.5. The minimum absolute atomic E-state index is 0.255. The molecule has 160 valence electrons. The van der Waals surface area contributed by atoms with Crippen molar-refractivity contribution in [1.82, 2.24) is 10.7 Å². The summed E-state index contributed by atoms with van der Waals surface area (Å²) in [5, 5.41) is 6.58. The lowest BCUT2D eigenvalue weighted by Crippen LogP contribution is -2.35. The van der Waals surface area contributed by atoms with E-state index in [1.54, 1.807) is 26.2 Å². The van der Waals surface area contributed by atoms with Crippen LogP contribution >= 0.6 is 0 Å². The Labute approximate surface area is 175 Å². The number of carbonyl (C=O) groups is 2. The smallest absolute Gasteiger partial charge is 0.259 e. The van der Waals surface area contributed by atoms with Crippen LogP contribution in [0.25, 0.3) is 0 Å². The van der Waals surface area contributed by atoms with Gasteiger partial charge in [0.25, 0.3) is 11.8 Å². The maximum absolute atomic E-state index is 12.4. The van der Waals surface area contributed by atoms with Crippen LogP contribution in [0.15, 0.2) is 41.5 Å². The van der Waals surface area contributed by atoms with Crippen LogP contribution in [-0.2, 0) is 4.79 Å². The number of hydrazone groups is 1. The van der Waals surface area contributed by atoms with Gasteiger partial charge in [0, 0.05) is 5.56 Å². The molecule has 0 atom stereocenters. The maximum atomic E-state index is 12.4. The monoisotopic (exact) mass is 415 g/mol. The zero-order valence-corrected chi connectivity index (χ0v) is 17.6. The van der Waals surface area contributed by atoms with Crippen LogP contribution in [0.4, 0.5) is 0 Å². The van der Waals surface area contributed by atoms with Gasteiger partial charge in [0.2, 0.25) is 5.75 Å². The molecule has 0 radical (unpaired) electrons. The molecule has 0 aliphatic rings. The summed E-state index contributed by atoms with van der Waals surface area (Å²) >= 11 is 0. The molecular weight excluding hydrogens is 390 g/mol. The molecule has 2 amide bonds. The molecule has 0 fully saturated rings. The van der Waals surface area contributed by atoms with Gasteiger partial charge in [0.1, 0.15) is 5.75 Å². The highest BCUT2D eigenvalue weighted by Crippen LogP contribution is 2.38. The highest BCUT2D eigenvalue weighted by atomic mass is 16.5. The molecule has 0 aromatic heterocycles. The van der Waals surface area contributed by atoms with E-state index in [1.807, 2.05) is 12.1 Å². The minimum atomic E-state index is -0.472. The Morgan fingerprint density at radius 1 is 0.867 bits per heavy atom. The molecule has 0 aliphatic carbocycles. The molecule has 2 rings (SSSR count). The van der Waals surface area contributed by atoms with Gasteiger partial charge in [0.15, 0.2) is 11.5 Å². The van der Waals surface area contributed by atoms with Gasteiger partial charge in [-0.05, 0) is 48.9 Å². The number of methoxy groups -OCH3 is 4. The van der Waals surface area contributed by atoms with Crippen molar-refractivity contribution in [3.8, 4) is 23.0 Å². The van der Waals surface area contributed by atoms with Gasteiger partial charge < -0.3 is 24.3 Å². The van der Waals surface area contributed by atoms with Crippen LogP contribution in [0.1, 0.15) is 22.8 Å². The Bertz CT molecular complexity index is 900. The molecule has 9 nitrogen and oxygen atoms in total. The van der Waals surface area contributed by atoms with Crippen molar-refractivity contribution >= 4 is 17.5 Å². The van der Waals surface area contributed by atoms with Crippen LogP contribution in [0.3, 0.4) is 0 Å². The molecular formula is C21H25N3O6. The van der Waals surface area contributed by atoms with Gasteiger partial charge in [-0.3, -0.25) is 9.59 Å².